The first kappa shape index (κ1) is 14.0. The van der Waals surface area contributed by atoms with Crippen LogP contribution in [0.15, 0.2) is 18.2 Å². The molecule has 0 aromatic heterocycles. The predicted octanol–water partition coefficient (Wildman–Crippen LogP) is 0.816. The number of anilines is 1. The quantitative estimate of drug-likeness (QED) is 0.874. The lowest BCUT2D eigenvalue weighted by molar-refractivity contribution is 0.135. The maximum Gasteiger partial charge on any atom is 0.142 e. The van der Waals surface area contributed by atoms with E-state index in [2.05, 4.69) is 9.80 Å². The van der Waals surface area contributed by atoms with Crippen molar-refractivity contribution in [3.05, 3.63) is 18.2 Å². The summed E-state index contributed by atoms with van der Waals surface area (Å²) in [5.74, 6) is 1.65. The zero-order chi connectivity index (χ0) is 13.8. The van der Waals surface area contributed by atoms with Crippen LogP contribution >= 0.6 is 0 Å². The van der Waals surface area contributed by atoms with Gasteiger partial charge in [-0.3, -0.25) is 4.90 Å². The van der Waals surface area contributed by atoms with Gasteiger partial charge in [-0.25, -0.2) is 0 Å². The van der Waals surface area contributed by atoms with Crippen molar-refractivity contribution in [1.82, 2.24) is 4.90 Å². The Balaban J connectivity index is 2.25. The predicted molar refractivity (Wildman–Crippen MR) is 75.3 cm³/mol. The topological polar surface area (TPSA) is 45.2 Å². The normalized spacial score (nSPS) is 20.4. The summed E-state index contributed by atoms with van der Waals surface area (Å²) >= 11 is 0. The molecule has 1 aliphatic heterocycles. The second-order valence-electron chi connectivity index (χ2n) is 4.80. The lowest BCUT2D eigenvalue weighted by Crippen LogP contribution is -2.53. The summed E-state index contributed by atoms with van der Waals surface area (Å²) < 4.78 is 10.7. The van der Waals surface area contributed by atoms with E-state index in [1.54, 1.807) is 14.2 Å². The Labute approximate surface area is 114 Å². The fourth-order valence-corrected chi connectivity index (χ4v) is 2.41. The molecule has 2 rings (SSSR count). The van der Waals surface area contributed by atoms with E-state index in [0.29, 0.717) is 0 Å². The average molecular weight is 266 g/mol. The monoisotopic (exact) mass is 266 g/mol. The Morgan fingerprint density at radius 1 is 1.26 bits per heavy atom. The van der Waals surface area contributed by atoms with Crippen LogP contribution in [0.4, 0.5) is 5.69 Å². The third kappa shape index (κ3) is 2.93. The highest BCUT2D eigenvalue weighted by Crippen LogP contribution is 2.33. The van der Waals surface area contributed by atoms with Crippen LogP contribution in [0.1, 0.15) is 0 Å². The van der Waals surface area contributed by atoms with Gasteiger partial charge in [0.2, 0.25) is 0 Å². The van der Waals surface area contributed by atoms with E-state index in [0.717, 1.165) is 36.8 Å². The number of piperazine rings is 1. The van der Waals surface area contributed by atoms with Crippen molar-refractivity contribution in [3.63, 3.8) is 0 Å². The zero-order valence-corrected chi connectivity index (χ0v) is 11.8. The minimum Gasteiger partial charge on any atom is -0.497 e. The molecule has 1 fully saturated rings. The number of ether oxygens (including phenoxy) is 2. The molecule has 19 heavy (non-hydrogen) atoms. The van der Waals surface area contributed by atoms with Crippen LogP contribution in [-0.2, 0) is 0 Å². The number of aliphatic hydroxyl groups is 1. The Hall–Kier alpha value is -1.46. The van der Waals surface area contributed by atoms with Crippen molar-refractivity contribution in [2.45, 2.75) is 6.04 Å². The molecule has 0 radical (unpaired) electrons. The first-order chi connectivity index (χ1) is 9.19. The van der Waals surface area contributed by atoms with Gasteiger partial charge in [0.1, 0.15) is 11.5 Å². The van der Waals surface area contributed by atoms with Crippen LogP contribution in [0.3, 0.4) is 0 Å². The summed E-state index contributed by atoms with van der Waals surface area (Å²) in [7, 11) is 5.37. The molecule has 0 saturated carbocycles. The molecular formula is C14H22N2O3. The molecule has 1 atom stereocenters. The molecule has 1 aromatic rings. The van der Waals surface area contributed by atoms with Gasteiger partial charge in [-0.1, -0.05) is 0 Å². The number of benzene rings is 1. The van der Waals surface area contributed by atoms with Crippen LogP contribution in [0, 0.1) is 0 Å². The summed E-state index contributed by atoms with van der Waals surface area (Å²) in [4.78, 5) is 4.42. The van der Waals surface area contributed by atoms with Gasteiger partial charge in [0.25, 0.3) is 0 Å². The Morgan fingerprint density at radius 3 is 2.68 bits per heavy atom. The molecule has 0 amide bonds. The molecular weight excluding hydrogens is 244 g/mol. The van der Waals surface area contributed by atoms with E-state index in [-0.39, 0.29) is 12.6 Å². The molecule has 5 heteroatoms. The minimum atomic E-state index is 0.157. The highest BCUT2D eigenvalue weighted by atomic mass is 16.5. The Morgan fingerprint density at radius 2 is 2.05 bits per heavy atom. The third-order valence-corrected chi connectivity index (χ3v) is 3.71. The fraction of sp³-hybridized carbons (Fsp3) is 0.571. The number of hydrogen-bond donors (Lipinski definition) is 1. The largest absolute Gasteiger partial charge is 0.497 e. The second-order valence-corrected chi connectivity index (χ2v) is 4.80. The summed E-state index contributed by atoms with van der Waals surface area (Å²) in [6, 6.07) is 5.95. The highest BCUT2D eigenvalue weighted by molar-refractivity contribution is 5.62. The Kier molecular flexibility index (Phi) is 4.50. The van der Waals surface area contributed by atoms with Crippen molar-refractivity contribution >= 4 is 5.69 Å². The molecule has 1 N–H and O–H groups in total. The molecule has 1 saturated heterocycles. The number of methoxy groups -OCH3 is 2. The maximum atomic E-state index is 9.43. The van der Waals surface area contributed by atoms with E-state index in [1.165, 1.54) is 0 Å². The van der Waals surface area contributed by atoms with Gasteiger partial charge in [-0.05, 0) is 19.2 Å². The van der Waals surface area contributed by atoms with Crippen LogP contribution in [-0.4, -0.2) is 63.6 Å². The van der Waals surface area contributed by atoms with E-state index >= 15 is 0 Å². The van der Waals surface area contributed by atoms with Crippen molar-refractivity contribution in [1.29, 1.82) is 0 Å². The molecule has 106 valence electrons. The smallest absolute Gasteiger partial charge is 0.142 e. The van der Waals surface area contributed by atoms with Crippen molar-refractivity contribution in [2.75, 3.05) is 52.4 Å². The summed E-state index contributed by atoms with van der Waals surface area (Å²) in [5.41, 5.74) is 1.02. The van der Waals surface area contributed by atoms with Crippen LogP contribution in [0.2, 0.25) is 0 Å². The minimum absolute atomic E-state index is 0.157. The van der Waals surface area contributed by atoms with Crippen LogP contribution < -0.4 is 14.4 Å². The van der Waals surface area contributed by atoms with E-state index in [9.17, 15) is 5.11 Å². The molecule has 1 aliphatic rings. The van der Waals surface area contributed by atoms with E-state index < -0.39 is 0 Å². The van der Waals surface area contributed by atoms with Gasteiger partial charge >= 0.3 is 0 Å². The first-order valence-electron chi connectivity index (χ1n) is 6.47. The number of aliphatic hydroxyl groups excluding tert-OH is 1. The maximum absolute atomic E-state index is 9.43. The van der Waals surface area contributed by atoms with Crippen molar-refractivity contribution in [3.8, 4) is 11.5 Å². The number of nitrogens with zero attached hydrogens (tertiary/aromatic N) is 2. The van der Waals surface area contributed by atoms with E-state index in [4.69, 9.17) is 9.47 Å². The molecule has 5 nitrogen and oxygen atoms in total. The molecule has 0 aliphatic carbocycles. The highest BCUT2D eigenvalue weighted by Gasteiger charge is 2.25. The van der Waals surface area contributed by atoms with Gasteiger partial charge in [0, 0.05) is 25.7 Å². The number of hydrogen-bond acceptors (Lipinski definition) is 5. The lowest BCUT2D eigenvalue weighted by atomic mass is 10.1. The average Bonchev–Trinajstić information content (AvgIpc) is 2.47. The number of rotatable bonds is 4. The second kappa shape index (κ2) is 6.12. The van der Waals surface area contributed by atoms with Crippen LogP contribution in [0.25, 0.3) is 0 Å². The molecule has 1 heterocycles. The summed E-state index contributed by atoms with van der Waals surface area (Å²) in [6.45, 7) is 2.79. The van der Waals surface area contributed by atoms with Gasteiger partial charge in [-0.15, -0.1) is 0 Å². The van der Waals surface area contributed by atoms with Gasteiger partial charge in [0.15, 0.2) is 0 Å². The third-order valence-electron chi connectivity index (χ3n) is 3.71. The standard InChI is InChI=1S/C14H22N2O3/c1-15-6-7-16(9-11(15)10-17)13-8-12(18-2)4-5-14(13)19-3/h4-5,8,11,17H,6-7,9-10H2,1-3H3. The SMILES string of the molecule is COc1ccc(OC)c(N2CCN(C)C(CO)C2)c1. The molecule has 0 spiro atoms. The van der Waals surface area contributed by atoms with Crippen LogP contribution in [0.5, 0.6) is 11.5 Å². The molecule has 0 bridgehead atoms. The first-order valence-corrected chi connectivity index (χ1v) is 6.47. The lowest BCUT2D eigenvalue weighted by Gasteiger charge is -2.40. The summed E-state index contributed by atoms with van der Waals surface area (Å²) in [6.07, 6.45) is 0. The molecule has 1 aromatic carbocycles. The summed E-state index contributed by atoms with van der Waals surface area (Å²) in [5, 5.41) is 9.43. The fourth-order valence-electron chi connectivity index (χ4n) is 2.41. The van der Waals surface area contributed by atoms with Crippen molar-refractivity contribution < 1.29 is 14.6 Å². The van der Waals surface area contributed by atoms with Crippen molar-refractivity contribution in [2.24, 2.45) is 0 Å². The number of likely N-dealkylation sites (N-methyl/N-ethyl adjacent to an activating group) is 1. The van der Waals surface area contributed by atoms with Gasteiger partial charge in [-0.2, -0.15) is 0 Å². The van der Waals surface area contributed by atoms with Gasteiger partial charge in [0.05, 0.1) is 32.6 Å². The molecule has 1 unspecified atom stereocenters. The van der Waals surface area contributed by atoms with Gasteiger partial charge < -0.3 is 19.5 Å². The zero-order valence-electron chi connectivity index (χ0n) is 11.8. The Bertz CT molecular complexity index is 425. The van der Waals surface area contributed by atoms with E-state index in [1.807, 2.05) is 25.2 Å².